The summed E-state index contributed by atoms with van der Waals surface area (Å²) in [5, 5.41) is 0. The van der Waals surface area contributed by atoms with Crippen molar-refractivity contribution in [2.45, 2.75) is 348 Å². The molecule has 0 aromatic heterocycles. The van der Waals surface area contributed by atoms with Crippen LogP contribution in [-0.2, 0) is 28.6 Å². The van der Waals surface area contributed by atoms with Crippen molar-refractivity contribution in [2.75, 3.05) is 13.2 Å². The predicted molar refractivity (Wildman–Crippen MR) is 298 cm³/mol. The Hall–Kier alpha value is -2.11. The Labute approximate surface area is 430 Å². The van der Waals surface area contributed by atoms with Gasteiger partial charge in [-0.05, 0) is 44.9 Å². The van der Waals surface area contributed by atoms with Crippen LogP contribution in [0.1, 0.15) is 342 Å². The van der Waals surface area contributed by atoms with Crippen LogP contribution in [-0.4, -0.2) is 37.2 Å². The van der Waals surface area contributed by atoms with Gasteiger partial charge in [0.25, 0.3) is 0 Å². The Kier molecular flexibility index (Phi) is 56.7. The summed E-state index contributed by atoms with van der Waals surface area (Å²) in [6, 6.07) is 0. The number of ether oxygens (including phenoxy) is 3. The lowest BCUT2D eigenvalue weighted by atomic mass is 10.0. The second kappa shape index (κ2) is 58.5. The highest BCUT2D eigenvalue weighted by atomic mass is 16.6. The summed E-state index contributed by atoms with van der Waals surface area (Å²) >= 11 is 0. The average molecular weight is 972 g/mol. The van der Waals surface area contributed by atoms with Gasteiger partial charge in [0.2, 0.25) is 0 Å². The maximum atomic E-state index is 12.7. The van der Waals surface area contributed by atoms with Crippen LogP contribution in [0.5, 0.6) is 0 Å². The van der Waals surface area contributed by atoms with Crippen molar-refractivity contribution >= 4 is 17.9 Å². The van der Waals surface area contributed by atoms with Crippen LogP contribution < -0.4 is 0 Å². The third-order valence-electron chi connectivity index (χ3n) is 13.9. The molecule has 6 heteroatoms. The fourth-order valence-electron chi connectivity index (χ4n) is 9.31. The number of esters is 3. The van der Waals surface area contributed by atoms with E-state index in [1.54, 1.807) is 0 Å². The van der Waals surface area contributed by atoms with Gasteiger partial charge in [-0.2, -0.15) is 0 Å². The minimum atomic E-state index is -0.771. The molecule has 0 heterocycles. The smallest absolute Gasteiger partial charge is 0.306 e. The standard InChI is InChI=1S/C63H118O6/c1-4-7-10-13-15-17-19-21-22-23-24-25-26-27-28-29-30-31-32-33-34-35-36-37-38-39-40-42-43-45-47-50-53-56-62(65)68-59-60(58-67-61(64)55-52-49-12-9-6-3)69-63(66)57-54-51-48-46-44-41-20-18-16-14-11-8-5-2/h11,14,18,20,60H,4-10,12-13,15-17,19,21-59H2,1-3H3/b14-11-,20-18-. The van der Waals surface area contributed by atoms with E-state index in [0.29, 0.717) is 19.3 Å². The summed E-state index contributed by atoms with van der Waals surface area (Å²) in [5.74, 6) is -0.887. The van der Waals surface area contributed by atoms with E-state index in [1.165, 1.54) is 205 Å². The molecule has 0 aliphatic heterocycles. The first kappa shape index (κ1) is 66.9. The Morgan fingerprint density at radius 2 is 0.551 bits per heavy atom. The largest absolute Gasteiger partial charge is 0.462 e. The van der Waals surface area contributed by atoms with Gasteiger partial charge in [0, 0.05) is 19.3 Å². The molecule has 1 atom stereocenters. The molecule has 0 N–H and O–H groups in total. The molecular formula is C63H118O6. The molecule has 0 amide bonds. The number of hydrogen-bond acceptors (Lipinski definition) is 6. The minimum absolute atomic E-state index is 0.0735. The highest BCUT2D eigenvalue weighted by Gasteiger charge is 2.19. The van der Waals surface area contributed by atoms with Crippen LogP contribution in [0.3, 0.4) is 0 Å². The molecule has 0 aromatic rings. The molecule has 69 heavy (non-hydrogen) atoms. The zero-order valence-electron chi connectivity index (χ0n) is 46.6. The predicted octanol–water partition coefficient (Wildman–Crippen LogP) is 20.7. The number of unbranched alkanes of at least 4 members (excludes halogenated alkanes) is 42. The van der Waals surface area contributed by atoms with Gasteiger partial charge >= 0.3 is 17.9 Å². The molecule has 406 valence electrons. The zero-order chi connectivity index (χ0) is 50.0. The van der Waals surface area contributed by atoms with E-state index in [4.69, 9.17) is 14.2 Å². The number of hydrogen-bond donors (Lipinski definition) is 0. The third kappa shape index (κ3) is 56.7. The summed E-state index contributed by atoms with van der Waals surface area (Å²) in [6.45, 7) is 6.52. The van der Waals surface area contributed by atoms with Gasteiger partial charge in [0.05, 0.1) is 0 Å². The molecular weight excluding hydrogens is 853 g/mol. The monoisotopic (exact) mass is 971 g/mol. The van der Waals surface area contributed by atoms with Crippen LogP contribution >= 0.6 is 0 Å². The molecule has 0 rings (SSSR count). The van der Waals surface area contributed by atoms with E-state index < -0.39 is 6.10 Å². The van der Waals surface area contributed by atoms with Gasteiger partial charge in [-0.3, -0.25) is 14.4 Å². The zero-order valence-corrected chi connectivity index (χ0v) is 46.6. The summed E-state index contributed by atoms with van der Waals surface area (Å²) in [4.78, 5) is 37.7. The quantitative estimate of drug-likeness (QED) is 0.0261. The van der Waals surface area contributed by atoms with Crippen LogP contribution in [0.2, 0.25) is 0 Å². The van der Waals surface area contributed by atoms with Crippen LogP contribution in [0.4, 0.5) is 0 Å². The molecule has 1 unspecified atom stereocenters. The summed E-state index contributed by atoms with van der Waals surface area (Å²) in [5.41, 5.74) is 0. The Balaban J connectivity index is 3.83. The van der Waals surface area contributed by atoms with Crippen LogP contribution in [0.25, 0.3) is 0 Å². The molecule has 0 saturated carbocycles. The lowest BCUT2D eigenvalue weighted by molar-refractivity contribution is -0.167. The second-order valence-electron chi connectivity index (χ2n) is 21.0. The molecule has 0 radical (unpaired) electrons. The number of carbonyl (C=O) groups excluding carboxylic acids is 3. The number of allylic oxidation sites excluding steroid dienone is 4. The Morgan fingerprint density at radius 3 is 0.855 bits per heavy atom. The molecule has 0 aliphatic carbocycles. The SMILES string of the molecule is CCC/C=C\C/C=C\CCCCCCCC(=O)OC(COC(=O)CCCCCCC)COC(=O)CCCCCCCCCCCCCCCCCCCCCCCCCCCCCCCCCCC. The third-order valence-corrected chi connectivity index (χ3v) is 13.9. The first-order valence-corrected chi connectivity index (χ1v) is 30.8. The molecule has 0 aliphatic rings. The van der Waals surface area contributed by atoms with Gasteiger partial charge < -0.3 is 14.2 Å². The Morgan fingerprint density at radius 1 is 0.290 bits per heavy atom. The second-order valence-corrected chi connectivity index (χ2v) is 21.0. The van der Waals surface area contributed by atoms with Gasteiger partial charge in [-0.25, -0.2) is 0 Å². The fraction of sp³-hybridized carbons (Fsp3) is 0.889. The topological polar surface area (TPSA) is 78.9 Å². The molecule has 0 fully saturated rings. The van der Waals surface area contributed by atoms with Gasteiger partial charge in [-0.15, -0.1) is 0 Å². The maximum Gasteiger partial charge on any atom is 0.306 e. The van der Waals surface area contributed by atoms with Gasteiger partial charge in [0.15, 0.2) is 6.10 Å². The number of rotatable bonds is 57. The highest BCUT2D eigenvalue weighted by molar-refractivity contribution is 5.71. The maximum absolute atomic E-state index is 12.7. The van der Waals surface area contributed by atoms with Crippen LogP contribution in [0.15, 0.2) is 24.3 Å². The lowest BCUT2D eigenvalue weighted by Crippen LogP contribution is -2.30. The first-order valence-electron chi connectivity index (χ1n) is 30.8. The Bertz CT molecular complexity index is 1110. The van der Waals surface area contributed by atoms with Crippen molar-refractivity contribution in [3.63, 3.8) is 0 Å². The van der Waals surface area contributed by atoms with Crippen molar-refractivity contribution in [3.8, 4) is 0 Å². The minimum Gasteiger partial charge on any atom is -0.462 e. The van der Waals surface area contributed by atoms with E-state index in [1.807, 2.05) is 0 Å². The molecule has 0 bridgehead atoms. The van der Waals surface area contributed by atoms with Crippen molar-refractivity contribution in [1.29, 1.82) is 0 Å². The highest BCUT2D eigenvalue weighted by Crippen LogP contribution is 2.18. The van der Waals surface area contributed by atoms with Crippen molar-refractivity contribution in [3.05, 3.63) is 24.3 Å². The van der Waals surface area contributed by atoms with E-state index in [0.717, 1.165) is 96.3 Å². The summed E-state index contributed by atoms with van der Waals surface area (Å²) < 4.78 is 16.7. The normalized spacial score (nSPS) is 12.1. The molecule has 0 spiro atoms. The van der Waals surface area contributed by atoms with E-state index in [2.05, 4.69) is 45.1 Å². The first-order chi connectivity index (χ1) is 34.0. The van der Waals surface area contributed by atoms with E-state index in [9.17, 15) is 14.4 Å². The van der Waals surface area contributed by atoms with Gasteiger partial charge in [0.1, 0.15) is 13.2 Å². The van der Waals surface area contributed by atoms with Gasteiger partial charge in [-0.1, -0.05) is 302 Å². The van der Waals surface area contributed by atoms with E-state index >= 15 is 0 Å². The number of carbonyl (C=O) groups is 3. The van der Waals surface area contributed by atoms with E-state index in [-0.39, 0.29) is 31.1 Å². The average Bonchev–Trinajstić information content (AvgIpc) is 3.35. The van der Waals surface area contributed by atoms with Crippen molar-refractivity contribution in [2.24, 2.45) is 0 Å². The summed E-state index contributed by atoms with van der Waals surface area (Å²) in [6.07, 6.45) is 69.8. The lowest BCUT2D eigenvalue weighted by Gasteiger charge is -2.18. The van der Waals surface area contributed by atoms with Crippen molar-refractivity contribution < 1.29 is 28.6 Å². The van der Waals surface area contributed by atoms with Crippen molar-refractivity contribution in [1.82, 2.24) is 0 Å². The van der Waals surface area contributed by atoms with Crippen LogP contribution in [0, 0.1) is 0 Å². The molecule has 0 saturated heterocycles. The summed E-state index contributed by atoms with van der Waals surface area (Å²) in [7, 11) is 0. The fourth-order valence-corrected chi connectivity index (χ4v) is 9.31. The molecule has 6 nitrogen and oxygen atoms in total. The molecule has 0 aromatic carbocycles.